The molecule has 0 aromatic heterocycles. The van der Waals surface area contributed by atoms with Crippen LogP contribution >= 0.6 is 23.2 Å². The predicted octanol–water partition coefficient (Wildman–Crippen LogP) is 4.36. The zero-order chi connectivity index (χ0) is 17.9. The van der Waals surface area contributed by atoms with Gasteiger partial charge in [0.25, 0.3) is 0 Å². The quantitative estimate of drug-likeness (QED) is 0.749. The van der Waals surface area contributed by atoms with Crippen LogP contribution in [0.25, 0.3) is 0 Å². The van der Waals surface area contributed by atoms with Crippen LogP contribution in [0, 0.1) is 0 Å². The van der Waals surface area contributed by atoms with Gasteiger partial charge >= 0.3 is 0 Å². The Kier molecular flexibility index (Phi) is 6.02. The second-order valence-electron chi connectivity index (χ2n) is 6.02. The van der Waals surface area contributed by atoms with Gasteiger partial charge < -0.3 is 4.74 Å². The van der Waals surface area contributed by atoms with E-state index in [4.69, 9.17) is 27.9 Å². The normalized spacial score (nSPS) is 19.0. The Morgan fingerprint density at radius 2 is 1.84 bits per heavy atom. The number of hydrogen-bond acceptors (Lipinski definition) is 3. The number of sulfonamides is 1. The minimum Gasteiger partial charge on any atom is -0.372 e. The summed E-state index contributed by atoms with van der Waals surface area (Å²) in [5, 5.41) is 1.18. The zero-order valence-corrected chi connectivity index (χ0v) is 15.9. The van der Waals surface area contributed by atoms with Crippen molar-refractivity contribution in [2.75, 3.05) is 13.1 Å². The first kappa shape index (κ1) is 18.7. The zero-order valence-electron chi connectivity index (χ0n) is 13.6. The molecule has 0 unspecified atom stereocenters. The predicted molar refractivity (Wildman–Crippen MR) is 99.5 cm³/mol. The van der Waals surface area contributed by atoms with E-state index in [1.807, 2.05) is 24.3 Å². The van der Waals surface area contributed by atoms with Crippen LogP contribution in [0.1, 0.15) is 18.4 Å². The molecule has 0 radical (unpaired) electrons. The largest absolute Gasteiger partial charge is 0.372 e. The molecular formula is C18H19Cl2NO3S. The molecule has 1 fully saturated rings. The van der Waals surface area contributed by atoms with E-state index in [1.54, 1.807) is 12.1 Å². The van der Waals surface area contributed by atoms with Gasteiger partial charge in [0.15, 0.2) is 0 Å². The molecule has 1 saturated heterocycles. The molecule has 7 heteroatoms. The molecule has 0 bridgehead atoms. The van der Waals surface area contributed by atoms with Crippen molar-refractivity contribution in [1.82, 2.24) is 4.31 Å². The van der Waals surface area contributed by atoms with Crippen molar-refractivity contribution in [3.8, 4) is 0 Å². The van der Waals surface area contributed by atoms with Crippen LogP contribution in [-0.4, -0.2) is 31.9 Å². The molecule has 4 nitrogen and oxygen atoms in total. The molecule has 2 aromatic rings. The molecule has 0 spiro atoms. The average Bonchev–Trinajstić information content (AvgIpc) is 2.61. The molecule has 0 aliphatic carbocycles. The van der Waals surface area contributed by atoms with Crippen LogP contribution in [0.4, 0.5) is 0 Å². The number of rotatable bonds is 5. The maximum absolute atomic E-state index is 12.8. The van der Waals surface area contributed by atoms with Gasteiger partial charge in [0.05, 0.1) is 17.6 Å². The van der Waals surface area contributed by atoms with Gasteiger partial charge in [-0.2, -0.15) is 4.31 Å². The summed E-state index contributed by atoms with van der Waals surface area (Å²) in [4.78, 5) is 0.257. The van der Waals surface area contributed by atoms with E-state index >= 15 is 0 Å². The van der Waals surface area contributed by atoms with Gasteiger partial charge in [0.1, 0.15) is 0 Å². The summed E-state index contributed by atoms with van der Waals surface area (Å²) in [6.45, 7) is 1.27. The number of piperidine rings is 1. The molecule has 0 N–H and O–H groups in total. The molecule has 1 atom stereocenters. The lowest BCUT2D eigenvalue weighted by molar-refractivity contribution is 0.00811. The second kappa shape index (κ2) is 8.06. The summed E-state index contributed by atoms with van der Waals surface area (Å²) >= 11 is 11.8. The summed E-state index contributed by atoms with van der Waals surface area (Å²) in [5.41, 5.74) is 0.977. The highest BCUT2D eigenvalue weighted by atomic mass is 35.5. The smallest absolute Gasteiger partial charge is 0.243 e. The van der Waals surface area contributed by atoms with Gasteiger partial charge in [-0.1, -0.05) is 35.3 Å². The maximum Gasteiger partial charge on any atom is 0.243 e. The molecule has 1 heterocycles. The summed E-state index contributed by atoms with van der Waals surface area (Å²) in [6.07, 6.45) is 1.48. The molecular weight excluding hydrogens is 381 g/mol. The monoisotopic (exact) mass is 399 g/mol. The molecule has 134 valence electrons. The van der Waals surface area contributed by atoms with Crippen LogP contribution in [0.2, 0.25) is 10.0 Å². The first-order chi connectivity index (χ1) is 11.9. The Balaban J connectivity index is 1.65. The van der Waals surface area contributed by atoms with Crippen molar-refractivity contribution in [2.45, 2.75) is 30.4 Å². The van der Waals surface area contributed by atoms with Crippen LogP contribution in [0.15, 0.2) is 53.4 Å². The van der Waals surface area contributed by atoms with Gasteiger partial charge in [0.2, 0.25) is 10.0 Å². The average molecular weight is 400 g/mol. The standard InChI is InChI=1S/C18H19Cl2NO3S/c19-15-6-8-18(9-7-15)25(22,23)21-10-2-5-17(12-21)24-13-14-3-1-4-16(20)11-14/h1,3-4,6-9,11,17H,2,5,10,12-13H2/t17-/m1/s1. The maximum atomic E-state index is 12.8. The second-order valence-corrected chi connectivity index (χ2v) is 8.83. The lowest BCUT2D eigenvalue weighted by Gasteiger charge is -2.32. The van der Waals surface area contributed by atoms with E-state index in [2.05, 4.69) is 0 Å². The van der Waals surface area contributed by atoms with Crippen LogP contribution in [-0.2, 0) is 21.4 Å². The fourth-order valence-corrected chi connectivity index (χ4v) is 4.70. The van der Waals surface area contributed by atoms with Gasteiger partial charge in [-0.05, 0) is 54.8 Å². The summed E-state index contributed by atoms with van der Waals surface area (Å²) in [6, 6.07) is 13.7. The van der Waals surface area contributed by atoms with Gasteiger partial charge in [-0.3, -0.25) is 0 Å². The Labute approximate surface area is 158 Å². The van der Waals surface area contributed by atoms with Crippen molar-refractivity contribution in [2.24, 2.45) is 0 Å². The van der Waals surface area contributed by atoms with E-state index in [-0.39, 0.29) is 11.0 Å². The Morgan fingerprint density at radius 3 is 2.56 bits per heavy atom. The third kappa shape index (κ3) is 4.74. The lowest BCUT2D eigenvalue weighted by Crippen LogP contribution is -2.43. The third-order valence-electron chi connectivity index (χ3n) is 4.17. The summed E-state index contributed by atoms with van der Waals surface area (Å²) < 4.78 is 33.0. The first-order valence-electron chi connectivity index (χ1n) is 8.07. The van der Waals surface area contributed by atoms with Crippen molar-refractivity contribution >= 4 is 33.2 Å². The molecule has 1 aliphatic rings. The molecule has 0 saturated carbocycles. The Hall–Kier alpha value is -1.11. The van der Waals surface area contributed by atoms with Gasteiger partial charge in [-0.25, -0.2) is 8.42 Å². The van der Waals surface area contributed by atoms with E-state index in [1.165, 1.54) is 16.4 Å². The van der Waals surface area contributed by atoms with E-state index < -0.39 is 10.0 Å². The summed E-state index contributed by atoms with van der Waals surface area (Å²) in [5.74, 6) is 0. The third-order valence-corrected chi connectivity index (χ3v) is 6.53. The van der Waals surface area contributed by atoms with Crippen molar-refractivity contribution in [3.05, 3.63) is 64.1 Å². The lowest BCUT2D eigenvalue weighted by atomic mass is 10.1. The van der Waals surface area contributed by atoms with Gasteiger partial charge in [0, 0.05) is 23.1 Å². The minimum absolute atomic E-state index is 0.130. The number of halogens is 2. The molecule has 25 heavy (non-hydrogen) atoms. The highest BCUT2D eigenvalue weighted by Gasteiger charge is 2.30. The van der Waals surface area contributed by atoms with Crippen LogP contribution in [0.5, 0.6) is 0 Å². The molecule has 1 aliphatic heterocycles. The minimum atomic E-state index is -3.53. The number of benzene rings is 2. The first-order valence-corrected chi connectivity index (χ1v) is 10.3. The van der Waals surface area contributed by atoms with Gasteiger partial charge in [-0.15, -0.1) is 0 Å². The fraction of sp³-hybridized carbons (Fsp3) is 0.333. The Bertz CT molecular complexity index is 824. The van der Waals surface area contributed by atoms with E-state index in [0.29, 0.717) is 29.7 Å². The molecule has 2 aromatic carbocycles. The number of hydrogen-bond donors (Lipinski definition) is 0. The van der Waals surface area contributed by atoms with Crippen molar-refractivity contribution in [3.63, 3.8) is 0 Å². The number of ether oxygens (including phenoxy) is 1. The Morgan fingerprint density at radius 1 is 1.08 bits per heavy atom. The molecule has 3 rings (SSSR count). The van der Waals surface area contributed by atoms with Crippen molar-refractivity contribution in [1.29, 1.82) is 0 Å². The number of nitrogens with zero attached hydrogens (tertiary/aromatic N) is 1. The van der Waals surface area contributed by atoms with E-state index in [0.717, 1.165) is 18.4 Å². The fourth-order valence-electron chi connectivity index (χ4n) is 2.86. The topological polar surface area (TPSA) is 46.6 Å². The highest BCUT2D eigenvalue weighted by Crippen LogP contribution is 2.24. The van der Waals surface area contributed by atoms with E-state index in [9.17, 15) is 8.42 Å². The van der Waals surface area contributed by atoms with Crippen LogP contribution < -0.4 is 0 Å². The van der Waals surface area contributed by atoms with Crippen LogP contribution in [0.3, 0.4) is 0 Å². The SMILES string of the molecule is O=S(=O)(c1ccc(Cl)cc1)N1CCC[C@@H](OCc2cccc(Cl)c2)C1. The summed E-state index contributed by atoms with van der Waals surface area (Å²) in [7, 11) is -3.53. The molecule has 0 amide bonds. The van der Waals surface area contributed by atoms with Crippen molar-refractivity contribution < 1.29 is 13.2 Å². The highest BCUT2D eigenvalue weighted by molar-refractivity contribution is 7.89.